The van der Waals surface area contributed by atoms with Crippen molar-refractivity contribution in [1.82, 2.24) is 4.98 Å². The highest BCUT2D eigenvalue weighted by molar-refractivity contribution is 5.87. The molecule has 0 fully saturated rings. The molecule has 0 bridgehead atoms. The van der Waals surface area contributed by atoms with E-state index in [0.717, 1.165) is 28.4 Å². The summed E-state index contributed by atoms with van der Waals surface area (Å²) in [7, 11) is 0. The predicted octanol–water partition coefficient (Wildman–Crippen LogP) is 2.51. The summed E-state index contributed by atoms with van der Waals surface area (Å²) in [4.78, 5) is 9.39. The third kappa shape index (κ3) is 1.42. The summed E-state index contributed by atoms with van der Waals surface area (Å²) in [6.45, 7) is 0. The van der Waals surface area contributed by atoms with E-state index in [9.17, 15) is 0 Å². The SMILES string of the molecule is C1=C2N=c3c(ccc4cccnc34)=C2c2ccccc2C1. The van der Waals surface area contributed by atoms with Crippen LogP contribution in [0.25, 0.3) is 16.5 Å². The van der Waals surface area contributed by atoms with Crippen LogP contribution in [0.1, 0.15) is 11.1 Å². The lowest BCUT2D eigenvalue weighted by Crippen LogP contribution is -2.25. The molecule has 1 aromatic heterocycles. The molecular formula is C19H12N2. The Bertz CT molecular complexity index is 1060. The average Bonchev–Trinajstić information content (AvgIpc) is 2.94. The molecule has 0 saturated heterocycles. The molecule has 2 nitrogen and oxygen atoms in total. The molecule has 0 spiro atoms. The molecule has 2 heteroatoms. The highest BCUT2D eigenvalue weighted by Gasteiger charge is 2.21. The number of hydrogen-bond donors (Lipinski definition) is 0. The third-order valence-electron chi connectivity index (χ3n) is 4.31. The Kier molecular flexibility index (Phi) is 2.03. The van der Waals surface area contributed by atoms with Crippen LogP contribution >= 0.6 is 0 Å². The molecular weight excluding hydrogens is 256 g/mol. The number of nitrogens with zero attached hydrogens (tertiary/aromatic N) is 2. The van der Waals surface area contributed by atoms with Crippen LogP contribution in [0.2, 0.25) is 0 Å². The molecule has 2 aliphatic rings. The minimum atomic E-state index is 0.956. The Morgan fingerprint density at radius 3 is 2.86 bits per heavy atom. The van der Waals surface area contributed by atoms with Crippen molar-refractivity contribution in [2.75, 3.05) is 0 Å². The minimum Gasteiger partial charge on any atom is -0.254 e. The van der Waals surface area contributed by atoms with Gasteiger partial charge in [-0.05, 0) is 23.6 Å². The largest absolute Gasteiger partial charge is 0.254 e. The van der Waals surface area contributed by atoms with E-state index in [-0.39, 0.29) is 0 Å². The fraction of sp³-hybridized carbons (Fsp3) is 0.0526. The van der Waals surface area contributed by atoms with Crippen LogP contribution in [0.5, 0.6) is 0 Å². The molecule has 1 aliphatic carbocycles. The summed E-state index contributed by atoms with van der Waals surface area (Å²) >= 11 is 0. The quantitative estimate of drug-likeness (QED) is 0.615. The van der Waals surface area contributed by atoms with E-state index < -0.39 is 0 Å². The first-order valence-electron chi connectivity index (χ1n) is 7.17. The molecule has 0 atom stereocenters. The summed E-state index contributed by atoms with van der Waals surface area (Å²) in [5.74, 6) is 0. The van der Waals surface area contributed by atoms with Crippen molar-refractivity contribution >= 4 is 16.5 Å². The van der Waals surface area contributed by atoms with Gasteiger partial charge >= 0.3 is 0 Å². The minimum absolute atomic E-state index is 0.956. The lowest BCUT2D eigenvalue weighted by Gasteiger charge is -2.15. The van der Waals surface area contributed by atoms with Gasteiger partial charge in [0, 0.05) is 22.4 Å². The normalized spacial score (nSPS) is 15.0. The van der Waals surface area contributed by atoms with Gasteiger partial charge in [-0.25, -0.2) is 4.99 Å². The number of aromatic nitrogens is 1. The van der Waals surface area contributed by atoms with E-state index in [1.165, 1.54) is 21.9 Å². The van der Waals surface area contributed by atoms with E-state index in [0.29, 0.717) is 0 Å². The predicted molar refractivity (Wildman–Crippen MR) is 83.3 cm³/mol. The summed E-state index contributed by atoms with van der Waals surface area (Å²) in [6.07, 6.45) is 5.03. The van der Waals surface area contributed by atoms with Gasteiger partial charge in [-0.15, -0.1) is 0 Å². The van der Waals surface area contributed by atoms with Crippen LogP contribution in [0, 0.1) is 0 Å². The molecule has 2 aromatic carbocycles. The van der Waals surface area contributed by atoms with Crippen molar-refractivity contribution in [2.45, 2.75) is 6.42 Å². The van der Waals surface area contributed by atoms with Crippen LogP contribution < -0.4 is 10.6 Å². The highest BCUT2D eigenvalue weighted by Crippen LogP contribution is 2.31. The maximum Gasteiger partial charge on any atom is 0.0978 e. The number of rotatable bonds is 0. The Hall–Kier alpha value is -2.74. The van der Waals surface area contributed by atoms with E-state index in [2.05, 4.69) is 53.5 Å². The van der Waals surface area contributed by atoms with Crippen molar-refractivity contribution in [3.8, 4) is 0 Å². The molecule has 98 valence electrons. The van der Waals surface area contributed by atoms with Gasteiger partial charge in [-0.1, -0.05) is 48.5 Å². The standard InChI is InChI=1S/C19H12N2/c1-2-6-14-12(4-1)8-10-16-17(14)15-9-7-13-5-3-11-20-18(13)19(15)21-16/h1-7,9-11H,8H2. The van der Waals surface area contributed by atoms with Gasteiger partial charge in [0.05, 0.1) is 16.6 Å². The lowest BCUT2D eigenvalue weighted by molar-refractivity contribution is 1.17. The molecule has 1 aliphatic heterocycles. The van der Waals surface area contributed by atoms with Crippen molar-refractivity contribution in [3.63, 3.8) is 0 Å². The number of hydrogen-bond acceptors (Lipinski definition) is 2. The van der Waals surface area contributed by atoms with E-state index in [1.54, 1.807) is 0 Å². The second-order valence-electron chi connectivity index (χ2n) is 5.47. The zero-order chi connectivity index (χ0) is 13.8. The molecule has 2 heterocycles. The van der Waals surface area contributed by atoms with Crippen LogP contribution in [0.3, 0.4) is 0 Å². The van der Waals surface area contributed by atoms with Crippen molar-refractivity contribution in [2.24, 2.45) is 4.99 Å². The van der Waals surface area contributed by atoms with Gasteiger partial charge in [-0.3, -0.25) is 4.98 Å². The molecule has 0 amide bonds. The van der Waals surface area contributed by atoms with Crippen LogP contribution in [-0.2, 0) is 6.42 Å². The molecule has 21 heavy (non-hydrogen) atoms. The third-order valence-corrected chi connectivity index (χ3v) is 4.31. The van der Waals surface area contributed by atoms with Crippen LogP contribution in [0.15, 0.2) is 71.5 Å². The second-order valence-corrected chi connectivity index (χ2v) is 5.47. The molecule has 0 saturated carbocycles. The van der Waals surface area contributed by atoms with Gasteiger partial charge < -0.3 is 0 Å². The Labute approximate surface area is 121 Å². The smallest absolute Gasteiger partial charge is 0.0978 e. The molecule has 0 radical (unpaired) electrons. The monoisotopic (exact) mass is 268 g/mol. The first-order chi connectivity index (χ1) is 10.4. The van der Waals surface area contributed by atoms with Gasteiger partial charge in [0.15, 0.2) is 0 Å². The first-order valence-corrected chi connectivity index (χ1v) is 7.17. The topological polar surface area (TPSA) is 25.2 Å². The number of fused-ring (bicyclic) bond motifs is 6. The van der Waals surface area contributed by atoms with E-state index >= 15 is 0 Å². The summed E-state index contributed by atoms with van der Waals surface area (Å²) in [6, 6.07) is 17.0. The second kappa shape index (κ2) is 3.89. The van der Waals surface area contributed by atoms with E-state index in [1.807, 2.05) is 12.3 Å². The maximum absolute atomic E-state index is 4.86. The summed E-state index contributed by atoms with van der Waals surface area (Å²) in [5.41, 5.74) is 6.05. The average molecular weight is 268 g/mol. The zero-order valence-corrected chi connectivity index (χ0v) is 11.4. The van der Waals surface area contributed by atoms with Crippen LogP contribution in [-0.4, -0.2) is 4.98 Å². The van der Waals surface area contributed by atoms with Gasteiger partial charge in [-0.2, -0.15) is 0 Å². The lowest BCUT2D eigenvalue weighted by atomic mass is 9.90. The fourth-order valence-electron chi connectivity index (χ4n) is 3.34. The molecule has 0 unspecified atom stereocenters. The number of allylic oxidation sites excluding steroid dienone is 2. The van der Waals surface area contributed by atoms with Crippen molar-refractivity contribution in [1.29, 1.82) is 0 Å². The van der Waals surface area contributed by atoms with Gasteiger partial charge in [0.1, 0.15) is 0 Å². The van der Waals surface area contributed by atoms with Gasteiger partial charge in [0.25, 0.3) is 0 Å². The van der Waals surface area contributed by atoms with Crippen molar-refractivity contribution in [3.05, 3.63) is 88.2 Å². The summed E-state index contributed by atoms with van der Waals surface area (Å²) in [5, 5.41) is 3.37. The Balaban J connectivity index is 2.00. The van der Waals surface area contributed by atoms with Crippen molar-refractivity contribution < 1.29 is 0 Å². The zero-order valence-electron chi connectivity index (χ0n) is 11.4. The number of benzene rings is 2. The molecule has 3 aromatic rings. The molecule has 5 rings (SSSR count). The van der Waals surface area contributed by atoms with Crippen LogP contribution in [0.4, 0.5) is 0 Å². The van der Waals surface area contributed by atoms with E-state index in [4.69, 9.17) is 4.99 Å². The Morgan fingerprint density at radius 1 is 0.905 bits per heavy atom. The maximum atomic E-state index is 4.86. The summed E-state index contributed by atoms with van der Waals surface area (Å²) < 4.78 is 0. The fourth-order valence-corrected chi connectivity index (χ4v) is 3.34. The Morgan fingerprint density at radius 2 is 1.86 bits per heavy atom. The highest BCUT2D eigenvalue weighted by atomic mass is 14.8. The number of pyridine rings is 1. The molecule has 0 N–H and O–H groups in total. The van der Waals surface area contributed by atoms with Gasteiger partial charge in [0.2, 0.25) is 0 Å². The first kappa shape index (κ1) is 11.0.